The number of aromatic nitrogens is 3. The molecule has 0 saturated carbocycles. The Bertz CT molecular complexity index is 1380. The number of alkyl halides is 2. The predicted octanol–water partition coefficient (Wildman–Crippen LogP) is 3.93. The van der Waals surface area contributed by atoms with Gasteiger partial charge in [0.05, 0.1) is 16.0 Å². The van der Waals surface area contributed by atoms with Crippen molar-refractivity contribution < 1.29 is 27.1 Å². The van der Waals surface area contributed by atoms with Crippen molar-refractivity contribution in [3.05, 3.63) is 84.7 Å². The molecule has 0 radical (unpaired) electrons. The molecule has 2 aromatic carbocycles. The Morgan fingerprint density at radius 2 is 1.87 bits per heavy atom. The Balaban J connectivity index is 1.85. The third kappa shape index (κ3) is 3.84. The molecule has 0 bridgehead atoms. The molecule has 2 N–H and O–H groups in total. The zero-order valence-corrected chi connectivity index (χ0v) is 16.8. The van der Waals surface area contributed by atoms with Gasteiger partial charge in [0.2, 0.25) is 6.20 Å². The van der Waals surface area contributed by atoms with E-state index in [1.165, 1.54) is 18.3 Å². The first-order chi connectivity index (χ1) is 14.8. The van der Waals surface area contributed by atoms with Gasteiger partial charge in [-0.3, -0.25) is 9.93 Å². The molecule has 4 aromatic rings. The van der Waals surface area contributed by atoms with Gasteiger partial charge in [0, 0.05) is 22.9 Å². The van der Waals surface area contributed by atoms with Crippen LogP contribution in [-0.4, -0.2) is 23.4 Å². The summed E-state index contributed by atoms with van der Waals surface area (Å²) in [6.45, 7) is 3.62. The van der Waals surface area contributed by atoms with Gasteiger partial charge in [0.15, 0.2) is 0 Å². The summed E-state index contributed by atoms with van der Waals surface area (Å²) in [5.74, 6) is -0.163. The lowest BCUT2D eigenvalue weighted by Crippen LogP contribution is -2.30. The van der Waals surface area contributed by atoms with E-state index >= 15 is 0 Å². The Morgan fingerprint density at radius 3 is 2.55 bits per heavy atom. The van der Waals surface area contributed by atoms with E-state index in [0.717, 1.165) is 21.0 Å². The van der Waals surface area contributed by atoms with Crippen LogP contribution >= 0.6 is 0 Å². The van der Waals surface area contributed by atoms with E-state index in [1.54, 1.807) is 48.5 Å². The van der Waals surface area contributed by atoms with Crippen LogP contribution in [-0.2, 0) is 10.0 Å². The topological polar surface area (TPSA) is 88.1 Å². The van der Waals surface area contributed by atoms with Crippen LogP contribution in [0.25, 0.3) is 22.7 Å². The second-order valence-corrected chi connectivity index (χ2v) is 8.29. The summed E-state index contributed by atoms with van der Waals surface area (Å²) in [5.41, 5.74) is 0.844. The van der Waals surface area contributed by atoms with Crippen LogP contribution in [0.15, 0.2) is 78.3 Å². The van der Waals surface area contributed by atoms with Crippen molar-refractivity contribution in [1.29, 1.82) is 0 Å². The second kappa shape index (κ2) is 7.80. The fourth-order valence-electron chi connectivity index (χ4n) is 3.14. The standard InChI is InChI=1S/C21H17F2N4O3S/c1-2-14-8-10-15(11-9-14)31(29,30)25-20-13-17(21(22)23)24-27(20)19-7-3-6-18-16(19)5-4-12-26(18)28/h2-13,21,25,28H,1H2/q+1. The molecule has 158 valence electrons. The molecule has 0 unspecified atom stereocenters. The van der Waals surface area contributed by atoms with Crippen molar-refractivity contribution in [2.24, 2.45) is 0 Å². The van der Waals surface area contributed by atoms with E-state index in [4.69, 9.17) is 0 Å². The van der Waals surface area contributed by atoms with E-state index in [9.17, 15) is 22.4 Å². The highest BCUT2D eigenvalue weighted by molar-refractivity contribution is 7.92. The van der Waals surface area contributed by atoms with Crippen LogP contribution in [0.1, 0.15) is 17.7 Å². The largest absolute Gasteiger partial charge is 0.285 e. The van der Waals surface area contributed by atoms with Crippen molar-refractivity contribution in [1.82, 2.24) is 9.78 Å². The van der Waals surface area contributed by atoms with Crippen molar-refractivity contribution in [2.45, 2.75) is 11.3 Å². The molecule has 7 nitrogen and oxygen atoms in total. The van der Waals surface area contributed by atoms with Crippen LogP contribution in [0.3, 0.4) is 0 Å². The minimum Gasteiger partial charge on any atom is -0.285 e. The molecule has 31 heavy (non-hydrogen) atoms. The summed E-state index contributed by atoms with van der Waals surface area (Å²) in [7, 11) is -4.09. The van der Waals surface area contributed by atoms with Gasteiger partial charge in [0.1, 0.15) is 11.5 Å². The fourth-order valence-corrected chi connectivity index (χ4v) is 4.17. The zero-order chi connectivity index (χ0) is 22.2. The molecule has 2 aromatic heterocycles. The minimum absolute atomic E-state index is 0.0458. The predicted molar refractivity (Wildman–Crippen MR) is 111 cm³/mol. The van der Waals surface area contributed by atoms with Gasteiger partial charge in [-0.05, 0) is 29.8 Å². The lowest BCUT2D eigenvalue weighted by Gasteiger charge is -2.12. The van der Waals surface area contributed by atoms with Gasteiger partial charge >= 0.3 is 0 Å². The number of hydrogen-bond donors (Lipinski definition) is 2. The number of hydrogen-bond acceptors (Lipinski definition) is 4. The molecule has 10 heteroatoms. The Labute approximate surface area is 176 Å². The molecular formula is C21H17F2N4O3S+. The fraction of sp³-hybridized carbons (Fsp3) is 0.0476. The van der Waals surface area contributed by atoms with Gasteiger partial charge in [0.25, 0.3) is 22.0 Å². The van der Waals surface area contributed by atoms with Crippen molar-refractivity contribution in [3.63, 3.8) is 0 Å². The Kier molecular flexibility index (Phi) is 5.15. The number of benzene rings is 2. The number of sulfonamides is 1. The normalized spacial score (nSPS) is 11.7. The van der Waals surface area contributed by atoms with E-state index in [-0.39, 0.29) is 10.7 Å². The maximum atomic E-state index is 13.4. The monoisotopic (exact) mass is 443 g/mol. The summed E-state index contributed by atoms with van der Waals surface area (Å²) in [6.07, 6.45) is 0.0760. The number of nitrogens with one attached hydrogen (secondary N) is 1. The average molecular weight is 443 g/mol. The molecule has 0 saturated heterocycles. The summed E-state index contributed by atoms with van der Waals surface area (Å²) in [5, 5.41) is 14.4. The summed E-state index contributed by atoms with van der Waals surface area (Å²) >= 11 is 0. The van der Waals surface area contributed by atoms with Crippen LogP contribution in [0.4, 0.5) is 14.6 Å². The first kappa shape index (κ1) is 20.5. The number of halogens is 2. The third-order valence-electron chi connectivity index (χ3n) is 4.64. The zero-order valence-electron chi connectivity index (χ0n) is 16.0. The number of pyridine rings is 1. The van der Waals surface area contributed by atoms with Crippen LogP contribution in [0, 0.1) is 0 Å². The molecule has 0 aliphatic rings. The van der Waals surface area contributed by atoms with Gasteiger partial charge in [-0.15, -0.1) is 0 Å². The van der Waals surface area contributed by atoms with Crippen molar-refractivity contribution in [2.75, 3.05) is 4.72 Å². The Hall–Kier alpha value is -3.79. The van der Waals surface area contributed by atoms with Crippen LogP contribution < -0.4 is 9.45 Å². The van der Waals surface area contributed by atoms with Crippen LogP contribution in [0.2, 0.25) is 0 Å². The van der Waals surface area contributed by atoms with Gasteiger partial charge in [-0.2, -0.15) is 5.10 Å². The highest BCUT2D eigenvalue weighted by atomic mass is 32.2. The molecule has 0 aliphatic carbocycles. The van der Waals surface area contributed by atoms with E-state index in [0.29, 0.717) is 16.6 Å². The highest BCUT2D eigenvalue weighted by Crippen LogP contribution is 2.29. The van der Waals surface area contributed by atoms with Gasteiger partial charge < -0.3 is 0 Å². The van der Waals surface area contributed by atoms with E-state index in [1.807, 2.05) is 0 Å². The molecule has 0 amide bonds. The minimum atomic E-state index is -4.09. The van der Waals surface area contributed by atoms with Crippen LogP contribution in [0.5, 0.6) is 0 Å². The van der Waals surface area contributed by atoms with Crippen molar-refractivity contribution in [3.8, 4) is 5.69 Å². The number of fused-ring (bicyclic) bond motifs is 1. The molecule has 4 rings (SSSR count). The van der Waals surface area contributed by atoms with E-state index in [2.05, 4.69) is 16.4 Å². The van der Waals surface area contributed by atoms with Crippen molar-refractivity contribution >= 4 is 32.8 Å². The lowest BCUT2D eigenvalue weighted by molar-refractivity contribution is -0.884. The molecule has 0 spiro atoms. The molecule has 0 fully saturated rings. The Morgan fingerprint density at radius 1 is 1.13 bits per heavy atom. The smallest absolute Gasteiger partial charge is 0.282 e. The second-order valence-electron chi connectivity index (χ2n) is 6.61. The quantitative estimate of drug-likeness (QED) is 0.349. The lowest BCUT2D eigenvalue weighted by atomic mass is 10.2. The maximum Gasteiger partial charge on any atom is 0.282 e. The molecular weight excluding hydrogens is 426 g/mol. The summed E-state index contributed by atoms with van der Waals surface area (Å²) in [4.78, 5) is -0.0458. The third-order valence-corrected chi connectivity index (χ3v) is 6.01. The number of rotatable bonds is 6. The molecule has 2 heterocycles. The first-order valence-electron chi connectivity index (χ1n) is 9.06. The SMILES string of the molecule is C=Cc1ccc(S(=O)(=O)Nc2cc(C(F)F)nn2-c2cccc3c2ccc[n+]3O)cc1. The maximum absolute atomic E-state index is 13.4. The van der Waals surface area contributed by atoms with Gasteiger partial charge in [-0.25, -0.2) is 21.9 Å². The molecule has 0 aliphatic heterocycles. The number of anilines is 1. The highest BCUT2D eigenvalue weighted by Gasteiger charge is 2.23. The molecule has 0 atom stereocenters. The van der Waals surface area contributed by atoms with Gasteiger partial charge in [-0.1, -0.05) is 30.9 Å². The van der Waals surface area contributed by atoms with E-state index < -0.39 is 22.1 Å². The average Bonchev–Trinajstić information content (AvgIpc) is 3.17. The first-order valence-corrected chi connectivity index (χ1v) is 10.5. The summed E-state index contributed by atoms with van der Waals surface area (Å²) < 4.78 is 56.8. The number of nitrogens with zero attached hydrogens (tertiary/aromatic N) is 3. The summed E-state index contributed by atoms with van der Waals surface area (Å²) in [6, 6.07) is 14.9.